The van der Waals surface area contributed by atoms with Crippen LogP contribution in [0.5, 0.6) is 0 Å². The maximum Gasteiger partial charge on any atom is 0.304 e. The number of nitrogens with zero attached hydrogens (tertiary/aromatic N) is 3. The Balaban J connectivity index is 2.52. The van der Waals surface area contributed by atoms with Crippen molar-refractivity contribution in [3.63, 3.8) is 0 Å². The van der Waals surface area contributed by atoms with Crippen LogP contribution in [0.1, 0.15) is 32.8 Å². The van der Waals surface area contributed by atoms with E-state index in [4.69, 9.17) is 23.2 Å². The number of benzene rings is 2. The smallest absolute Gasteiger partial charge is 0.304 e. The lowest BCUT2D eigenvalue weighted by molar-refractivity contribution is -0.140. The molecule has 0 aromatic heterocycles. The highest BCUT2D eigenvalue weighted by atomic mass is 35.5. The summed E-state index contributed by atoms with van der Waals surface area (Å²) in [7, 11) is -1.23. The fourth-order valence-corrected chi connectivity index (χ4v) is 5.08. The topological polar surface area (TPSA) is 90.0 Å². The Labute approximate surface area is 224 Å². The molecule has 2 aromatic rings. The van der Waals surface area contributed by atoms with Crippen molar-refractivity contribution in [1.29, 1.82) is 0 Å². The molecule has 1 atom stereocenters. The third kappa shape index (κ3) is 7.59. The highest BCUT2D eigenvalue weighted by Crippen LogP contribution is 2.28. The molecular weight excluding hydrogens is 523 g/mol. The van der Waals surface area contributed by atoms with Gasteiger partial charge >= 0.3 is 10.2 Å². The van der Waals surface area contributed by atoms with Crippen molar-refractivity contribution < 1.29 is 18.0 Å². The molecule has 2 rings (SSSR count). The minimum absolute atomic E-state index is 0.0599. The van der Waals surface area contributed by atoms with E-state index in [-0.39, 0.29) is 18.4 Å². The molecule has 1 N–H and O–H groups in total. The molecule has 0 fully saturated rings. The summed E-state index contributed by atoms with van der Waals surface area (Å²) in [5.74, 6) is -0.677. The van der Waals surface area contributed by atoms with Crippen molar-refractivity contribution in [3.05, 3.63) is 64.1 Å². The molecule has 2 amide bonds. The van der Waals surface area contributed by atoms with Gasteiger partial charge in [-0.3, -0.25) is 9.59 Å². The van der Waals surface area contributed by atoms with Gasteiger partial charge in [-0.15, -0.1) is 0 Å². The van der Waals surface area contributed by atoms with E-state index in [0.717, 1.165) is 8.61 Å². The molecule has 0 heterocycles. The second-order valence-electron chi connectivity index (χ2n) is 8.92. The molecule has 0 saturated carbocycles. The third-order valence-corrected chi connectivity index (χ3v) is 8.05. The van der Waals surface area contributed by atoms with Gasteiger partial charge in [-0.25, -0.2) is 4.31 Å². The number of carbonyl (C=O) groups is 2. The van der Waals surface area contributed by atoms with Gasteiger partial charge in [-0.05, 0) is 36.6 Å². The van der Waals surface area contributed by atoms with Crippen LogP contribution >= 0.6 is 23.2 Å². The SMILES string of the molecule is CC[C@H](C(=O)NCC(C)C)N(Cc1c(Cl)cccc1Cl)C(=O)CN(c1ccccc1)S(=O)(=O)N(C)C. The quantitative estimate of drug-likeness (QED) is 0.424. The van der Waals surface area contributed by atoms with Crippen LogP contribution in [0, 0.1) is 5.92 Å². The molecule has 0 spiro atoms. The minimum atomic E-state index is -4.02. The van der Waals surface area contributed by atoms with E-state index in [9.17, 15) is 18.0 Å². The maximum absolute atomic E-state index is 13.8. The summed E-state index contributed by atoms with van der Waals surface area (Å²) in [6, 6.07) is 12.5. The largest absolute Gasteiger partial charge is 0.354 e. The zero-order chi connectivity index (χ0) is 27.0. The van der Waals surface area contributed by atoms with Gasteiger partial charge in [0.1, 0.15) is 12.6 Å². The lowest BCUT2D eigenvalue weighted by Crippen LogP contribution is -2.53. The number of amides is 2. The summed E-state index contributed by atoms with van der Waals surface area (Å²) in [6.45, 7) is 5.60. The van der Waals surface area contributed by atoms with E-state index in [2.05, 4.69) is 5.32 Å². The van der Waals surface area contributed by atoms with Crippen molar-refractivity contribution in [3.8, 4) is 0 Å². The fourth-order valence-electron chi connectivity index (χ4n) is 3.51. The monoisotopic (exact) mass is 556 g/mol. The van der Waals surface area contributed by atoms with E-state index in [0.29, 0.717) is 34.3 Å². The van der Waals surface area contributed by atoms with E-state index in [1.165, 1.54) is 19.0 Å². The summed E-state index contributed by atoms with van der Waals surface area (Å²) < 4.78 is 28.4. The first-order chi connectivity index (χ1) is 16.9. The first kappa shape index (κ1) is 29.9. The molecule has 0 saturated heterocycles. The van der Waals surface area contributed by atoms with Crippen LogP contribution in [0.4, 0.5) is 5.69 Å². The average Bonchev–Trinajstić information content (AvgIpc) is 2.82. The molecule has 11 heteroatoms. The van der Waals surface area contributed by atoms with E-state index >= 15 is 0 Å². The number of carbonyl (C=O) groups excluding carboxylic acids is 2. The Morgan fingerprint density at radius 1 is 0.972 bits per heavy atom. The molecule has 0 aliphatic heterocycles. The van der Waals surface area contributed by atoms with Crippen LogP contribution in [0.25, 0.3) is 0 Å². The van der Waals surface area contributed by atoms with Gasteiger partial charge in [0.05, 0.1) is 5.69 Å². The van der Waals surface area contributed by atoms with Gasteiger partial charge in [-0.2, -0.15) is 12.7 Å². The second-order valence-corrected chi connectivity index (χ2v) is 11.8. The minimum Gasteiger partial charge on any atom is -0.354 e. The molecular formula is C25H34Cl2N4O4S. The predicted octanol–water partition coefficient (Wildman–Crippen LogP) is 4.19. The van der Waals surface area contributed by atoms with Crippen LogP contribution < -0.4 is 9.62 Å². The number of halogens is 2. The van der Waals surface area contributed by atoms with Crippen molar-refractivity contribution in [2.24, 2.45) is 5.92 Å². The van der Waals surface area contributed by atoms with E-state index < -0.39 is 28.7 Å². The normalized spacial score (nSPS) is 12.5. The van der Waals surface area contributed by atoms with Crippen LogP contribution in [0.2, 0.25) is 10.0 Å². The van der Waals surface area contributed by atoms with Gasteiger partial charge in [0.2, 0.25) is 11.8 Å². The molecule has 0 radical (unpaired) electrons. The standard InChI is InChI=1S/C25H34Cl2N4O4S/c1-6-23(25(33)28-15-18(2)3)30(16-20-21(26)13-10-14-22(20)27)24(32)17-31(36(34,35)29(4)5)19-11-8-7-9-12-19/h7-14,18,23H,6,15-17H2,1-5H3,(H,28,33)/t23-/m1/s1. The Morgan fingerprint density at radius 2 is 1.56 bits per heavy atom. The summed E-state index contributed by atoms with van der Waals surface area (Å²) in [5.41, 5.74) is 0.804. The number of hydrogen-bond donors (Lipinski definition) is 1. The van der Waals surface area contributed by atoms with Crippen LogP contribution in [0.15, 0.2) is 48.5 Å². The summed E-state index contributed by atoms with van der Waals surface area (Å²) in [6.07, 6.45) is 0.309. The number of rotatable bonds is 12. The van der Waals surface area contributed by atoms with Crippen LogP contribution in [-0.4, -0.2) is 62.7 Å². The molecule has 0 unspecified atom stereocenters. The molecule has 2 aromatic carbocycles. The Kier molecular flexibility index (Phi) is 11.0. The van der Waals surface area contributed by atoms with E-state index in [1.54, 1.807) is 55.5 Å². The van der Waals surface area contributed by atoms with Gasteiger partial charge in [0.25, 0.3) is 0 Å². The Bertz CT molecular complexity index is 1120. The highest BCUT2D eigenvalue weighted by molar-refractivity contribution is 7.90. The predicted molar refractivity (Wildman–Crippen MR) is 145 cm³/mol. The third-order valence-electron chi connectivity index (χ3n) is 5.52. The molecule has 0 aliphatic carbocycles. The van der Waals surface area contributed by atoms with Gasteiger partial charge in [0, 0.05) is 42.8 Å². The molecule has 36 heavy (non-hydrogen) atoms. The maximum atomic E-state index is 13.8. The number of nitrogens with one attached hydrogen (secondary N) is 1. The first-order valence-electron chi connectivity index (χ1n) is 11.6. The Morgan fingerprint density at radius 3 is 2.06 bits per heavy atom. The highest BCUT2D eigenvalue weighted by Gasteiger charge is 2.34. The number of para-hydroxylation sites is 1. The van der Waals surface area contributed by atoms with Crippen molar-refractivity contribution >= 4 is 50.9 Å². The zero-order valence-corrected chi connectivity index (χ0v) is 23.6. The van der Waals surface area contributed by atoms with E-state index in [1.807, 2.05) is 13.8 Å². The molecule has 0 aliphatic rings. The fraction of sp³-hybridized carbons (Fsp3) is 0.440. The summed E-state index contributed by atoms with van der Waals surface area (Å²) in [4.78, 5) is 28.3. The molecule has 198 valence electrons. The van der Waals surface area contributed by atoms with Crippen LogP contribution in [-0.2, 0) is 26.3 Å². The van der Waals surface area contributed by atoms with Gasteiger partial charge in [0.15, 0.2) is 0 Å². The van der Waals surface area contributed by atoms with Crippen molar-refractivity contribution in [1.82, 2.24) is 14.5 Å². The van der Waals surface area contributed by atoms with Crippen LogP contribution in [0.3, 0.4) is 0 Å². The molecule has 0 bridgehead atoms. The average molecular weight is 558 g/mol. The van der Waals surface area contributed by atoms with Crippen molar-refractivity contribution in [2.45, 2.75) is 39.8 Å². The second kappa shape index (κ2) is 13.3. The zero-order valence-electron chi connectivity index (χ0n) is 21.2. The van der Waals surface area contributed by atoms with Crippen molar-refractivity contribution in [2.75, 3.05) is 31.5 Å². The molecule has 8 nitrogen and oxygen atoms in total. The summed E-state index contributed by atoms with van der Waals surface area (Å²) in [5, 5.41) is 3.57. The summed E-state index contributed by atoms with van der Waals surface area (Å²) >= 11 is 12.8. The first-order valence-corrected chi connectivity index (χ1v) is 13.8. The van der Waals surface area contributed by atoms with Gasteiger partial charge < -0.3 is 10.2 Å². The lowest BCUT2D eigenvalue weighted by atomic mass is 10.1. The number of anilines is 1. The van der Waals surface area contributed by atoms with Gasteiger partial charge in [-0.1, -0.05) is 68.2 Å². The Hall–Kier alpha value is -2.33. The lowest BCUT2D eigenvalue weighted by Gasteiger charge is -2.34. The number of hydrogen-bond acceptors (Lipinski definition) is 4.